The predicted octanol–water partition coefficient (Wildman–Crippen LogP) is 8.21. The molecule has 0 radical (unpaired) electrons. The van der Waals surface area contributed by atoms with Crippen molar-refractivity contribution in [3.63, 3.8) is 0 Å². The first-order chi connectivity index (χ1) is 14.4. The minimum absolute atomic E-state index is 0. The SMILES string of the molecule is CN1CCN=C(c2cccc(Cl)c2SCc2ccc(Cl)c(Cl)c2)c2ccc(F)cc21.Cl.Cl. The summed E-state index contributed by atoms with van der Waals surface area (Å²) in [4.78, 5) is 7.80. The molecular weight excluding hydrogens is 533 g/mol. The van der Waals surface area contributed by atoms with Gasteiger partial charge in [-0.3, -0.25) is 4.99 Å². The molecule has 0 saturated carbocycles. The van der Waals surface area contributed by atoms with Crippen LogP contribution in [0.15, 0.2) is 64.5 Å². The second kappa shape index (κ2) is 11.8. The molecule has 0 unspecified atom stereocenters. The molecule has 0 bridgehead atoms. The lowest BCUT2D eigenvalue weighted by molar-refractivity contribution is 0.627. The lowest BCUT2D eigenvalue weighted by atomic mass is 10.00. The highest BCUT2D eigenvalue weighted by molar-refractivity contribution is 7.98. The Balaban J connectivity index is 0.00000181. The van der Waals surface area contributed by atoms with Crippen molar-refractivity contribution in [1.82, 2.24) is 0 Å². The van der Waals surface area contributed by atoms with E-state index in [9.17, 15) is 4.39 Å². The fraction of sp³-hybridized carbons (Fsp3) is 0.174. The molecule has 3 aromatic rings. The van der Waals surface area contributed by atoms with Gasteiger partial charge >= 0.3 is 0 Å². The summed E-state index contributed by atoms with van der Waals surface area (Å²) in [5.74, 6) is 0.416. The van der Waals surface area contributed by atoms with Crippen LogP contribution in [0.5, 0.6) is 0 Å². The van der Waals surface area contributed by atoms with Gasteiger partial charge in [0.15, 0.2) is 0 Å². The number of rotatable bonds is 4. The number of nitrogens with zero attached hydrogens (tertiary/aromatic N) is 2. The number of benzodiazepines with no additional fused rings is 1. The lowest BCUT2D eigenvalue weighted by Crippen LogP contribution is -2.20. The average Bonchev–Trinajstić information content (AvgIpc) is 2.88. The largest absolute Gasteiger partial charge is 0.372 e. The molecule has 0 N–H and O–H groups in total. The van der Waals surface area contributed by atoms with E-state index in [0.29, 0.717) is 33.9 Å². The maximum absolute atomic E-state index is 13.9. The Morgan fingerprint density at radius 3 is 2.47 bits per heavy atom. The highest BCUT2D eigenvalue weighted by Crippen LogP contribution is 2.37. The molecule has 0 amide bonds. The molecule has 0 spiro atoms. The number of halogens is 6. The number of aliphatic imine (C=N–C) groups is 1. The predicted molar refractivity (Wildman–Crippen MR) is 142 cm³/mol. The van der Waals surface area contributed by atoms with Crippen molar-refractivity contribution in [2.75, 3.05) is 25.0 Å². The van der Waals surface area contributed by atoms with Crippen molar-refractivity contribution >= 4 is 82.8 Å². The highest BCUT2D eigenvalue weighted by Gasteiger charge is 2.21. The molecule has 9 heteroatoms. The van der Waals surface area contributed by atoms with Crippen LogP contribution in [-0.4, -0.2) is 25.8 Å². The molecule has 0 aromatic heterocycles. The summed E-state index contributed by atoms with van der Waals surface area (Å²) in [7, 11) is 1.95. The molecule has 170 valence electrons. The smallest absolute Gasteiger partial charge is 0.125 e. The molecule has 0 fully saturated rings. The Morgan fingerprint density at radius 2 is 1.72 bits per heavy atom. The van der Waals surface area contributed by atoms with Crippen LogP contribution in [0, 0.1) is 5.82 Å². The fourth-order valence-electron chi connectivity index (χ4n) is 3.40. The Labute approximate surface area is 219 Å². The highest BCUT2D eigenvalue weighted by atomic mass is 35.5. The summed E-state index contributed by atoms with van der Waals surface area (Å²) in [5.41, 5.74) is 4.54. The van der Waals surface area contributed by atoms with E-state index in [1.807, 2.05) is 42.3 Å². The van der Waals surface area contributed by atoms with E-state index < -0.39 is 0 Å². The quantitative estimate of drug-likeness (QED) is 0.303. The van der Waals surface area contributed by atoms with E-state index in [1.165, 1.54) is 6.07 Å². The van der Waals surface area contributed by atoms with Crippen molar-refractivity contribution in [2.24, 2.45) is 4.99 Å². The van der Waals surface area contributed by atoms with Crippen LogP contribution < -0.4 is 4.90 Å². The zero-order valence-electron chi connectivity index (χ0n) is 16.9. The molecule has 4 rings (SSSR count). The van der Waals surface area contributed by atoms with Crippen molar-refractivity contribution < 1.29 is 4.39 Å². The fourth-order valence-corrected chi connectivity index (χ4v) is 5.07. The van der Waals surface area contributed by atoms with Crippen LogP contribution in [-0.2, 0) is 5.75 Å². The molecule has 0 saturated heterocycles. The maximum Gasteiger partial charge on any atom is 0.125 e. The number of likely N-dealkylation sites (N-methyl/N-ethyl adjacent to an activating group) is 1. The van der Waals surface area contributed by atoms with E-state index in [4.69, 9.17) is 39.8 Å². The standard InChI is InChI=1S/C23H18Cl3FN2S.2ClH/c1-29-10-9-28-22(16-7-6-15(27)12-21(16)29)17-3-2-4-19(25)23(17)30-13-14-5-8-18(24)20(26)11-14;;/h2-8,11-12H,9-10,13H2,1H3;2*1H. The van der Waals surface area contributed by atoms with Gasteiger partial charge in [-0.15, -0.1) is 36.6 Å². The Morgan fingerprint density at radius 1 is 0.938 bits per heavy atom. The van der Waals surface area contributed by atoms with E-state index >= 15 is 0 Å². The van der Waals surface area contributed by atoms with E-state index in [0.717, 1.165) is 33.0 Å². The number of fused-ring (bicyclic) bond motifs is 1. The van der Waals surface area contributed by atoms with Crippen LogP contribution in [0.1, 0.15) is 16.7 Å². The number of hydrogen-bond acceptors (Lipinski definition) is 3. The third-order valence-corrected chi connectivity index (χ3v) is 7.29. The first kappa shape index (κ1) is 27.1. The average molecular weight is 553 g/mol. The van der Waals surface area contributed by atoms with Crippen molar-refractivity contribution in [2.45, 2.75) is 10.6 Å². The molecular formula is C23H20Cl5FN2S. The summed E-state index contributed by atoms with van der Waals surface area (Å²) in [5, 5.41) is 1.72. The number of benzene rings is 3. The van der Waals surface area contributed by atoms with Gasteiger partial charge in [-0.1, -0.05) is 53.0 Å². The molecule has 0 aliphatic carbocycles. The van der Waals surface area contributed by atoms with Gasteiger partial charge < -0.3 is 4.90 Å². The summed E-state index contributed by atoms with van der Waals surface area (Å²) in [6, 6.07) is 16.2. The summed E-state index contributed by atoms with van der Waals surface area (Å²) >= 11 is 20.4. The van der Waals surface area contributed by atoms with Crippen LogP contribution in [0.2, 0.25) is 15.1 Å². The van der Waals surface area contributed by atoms with Crippen molar-refractivity contribution in [3.05, 3.63) is 92.2 Å². The topological polar surface area (TPSA) is 15.6 Å². The lowest BCUT2D eigenvalue weighted by Gasteiger charge is -2.20. The van der Waals surface area contributed by atoms with Crippen molar-refractivity contribution in [1.29, 1.82) is 0 Å². The van der Waals surface area contributed by atoms with Gasteiger partial charge in [-0.25, -0.2) is 4.39 Å². The molecule has 0 atom stereocenters. The minimum Gasteiger partial charge on any atom is -0.372 e. The number of anilines is 1. The van der Waals surface area contributed by atoms with Gasteiger partial charge in [0.25, 0.3) is 0 Å². The summed E-state index contributed by atoms with van der Waals surface area (Å²) in [6.45, 7) is 1.33. The Kier molecular flexibility index (Phi) is 10.0. The maximum atomic E-state index is 13.9. The summed E-state index contributed by atoms with van der Waals surface area (Å²) < 4.78 is 13.9. The minimum atomic E-state index is -0.262. The van der Waals surface area contributed by atoms with Gasteiger partial charge in [0, 0.05) is 41.1 Å². The van der Waals surface area contributed by atoms with Crippen LogP contribution in [0.25, 0.3) is 0 Å². The molecule has 1 heterocycles. The molecule has 3 aromatic carbocycles. The summed E-state index contributed by atoms with van der Waals surface area (Å²) in [6.07, 6.45) is 0. The monoisotopic (exact) mass is 550 g/mol. The van der Waals surface area contributed by atoms with Gasteiger partial charge in [-0.2, -0.15) is 0 Å². The van der Waals surface area contributed by atoms with Crippen LogP contribution in [0.4, 0.5) is 10.1 Å². The van der Waals surface area contributed by atoms with Gasteiger partial charge in [0.2, 0.25) is 0 Å². The molecule has 1 aliphatic heterocycles. The first-order valence-electron chi connectivity index (χ1n) is 9.35. The van der Waals surface area contributed by atoms with E-state index in [-0.39, 0.29) is 30.6 Å². The second-order valence-corrected chi connectivity index (χ2v) is 9.17. The first-order valence-corrected chi connectivity index (χ1v) is 11.5. The normalized spacial score (nSPS) is 12.8. The second-order valence-electron chi connectivity index (χ2n) is 6.97. The van der Waals surface area contributed by atoms with Crippen LogP contribution >= 0.6 is 71.4 Å². The van der Waals surface area contributed by atoms with Crippen molar-refractivity contribution in [3.8, 4) is 0 Å². The number of thioether (sulfide) groups is 1. The molecule has 32 heavy (non-hydrogen) atoms. The zero-order chi connectivity index (χ0) is 21.3. The third-order valence-electron chi connectivity index (χ3n) is 4.92. The van der Waals surface area contributed by atoms with E-state index in [1.54, 1.807) is 30.0 Å². The van der Waals surface area contributed by atoms with Gasteiger partial charge in [-0.05, 0) is 42.0 Å². The van der Waals surface area contributed by atoms with E-state index in [2.05, 4.69) is 0 Å². The third kappa shape index (κ3) is 5.85. The van der Waals surface area contributed by atoms with Crippen LogP contribution in [0.3, 0.4) is 0 Å². The molecule has 2 nitrogen and oxygen atoms in total. The molecule has 1 aliphatic rings. The Hall–Kier alpha value is -1.14. The number of hydrogen-bond donors (Lipinski definition) is 0. The Bertz CT molecular complexity index is 1140. The van der Waals surface area contributed by atoms with Gasteiger partial charge in [0.1, 0.15) is 5.82 Å². The van der Waals surface area contributed by atoms with Gasteiger partial charge in [0.05, 0.1) is 27.3 Å². The zero-order valence-corrected chi connectivity index (χ0v) is 21.7.